The predicted molar refractivity (Wildman–Crippen MR) is 83.1 cm³/mol. The molecule has 0 bridgehead atoms. The van der Waals surface area contributed by atoms with Crippen molar-refractivity contribution in [1.29, 1.82) is 0 Å². The van der Waals surface area contributed by atoms with Gasteiger partial charge in [-0.3, -0.25) is 13.8 Å². The highest BCUT2D eigenvalue weighted by Crippen LogP contribution is 2.21. The second-order valence-corrected chi connectivity index (χ2v) is 6.47. The third-order valence-corrected chi connectivity index (χ3v) is 4.80. The summed E-state index contributed by atoms with van der Waals surface area (Å²) < 4.78 is 17.4. The second kappa shape index (κ2) is 7.93. The maximum absolute atomic E-state index is 12.3. The molecule has 1 heterocycles. The first-order chi connectivity index (χ1) is 10.6. The van der Waals surface area contributed by atoms with Gasteiger partial charge in [-0.25, -0.2) is 0 Å². The molecule has 2 N–H and O–H groups in total. The third-order valence-electron chi connectivity index (χ3n) is 3.45. The molecule has 0 aromatic heterocycles. The molecule has 1 aliphatic heterocycles. The van der Waals surface area contributed by atoms with Gasteiger partial charge in [0.05, 0.1) is 22.8 Å². The summed E-state index contributed by atoms with van der Waals surface area (Å²) in [5.41, 5.74) is 0. The summed E-state index contributed by atoms with van der Waals surface area (Å²) in [6.07, 6.45) is 2.39. The van der Waals surface area contributed by atoms with E-state index in [4.69, 9.17) is 4.74 Å². The lowest BCUT2D eigenvalue weighted by Crippen LogP contribution is -2.46. The number of methoxy groups -OCH3 is 1. The predicted octanol–water partition coefficient (Wildman–Crippen LogP) is 0.588. The van der Waals surface area contributed by atoms with Gasteiger partial charge in [0.1, 0.15) is 17.5 Å². The number of carbonyl (C=O) groups is 2. The van der Waals surface area contributed by atoms with Gasteiger partial charge in [0.15, 0.2) is 0 Å². The molecule has 22 heavy (non-hydrogen) atoms. The van der Waals surface area contributed by atoms with Crippen molar-refractivity contribution in [1.82, 2.24) is 10.6 Å². The number of rotatable bonds is 5. The molecule has 0 saturated carbocycles. The van der Waals surface area contributed by atoms with E-state index < -0.39 is 22.7 Å². The summed E-state index contributed by atoms with van der Waals surface area (Å²) in [5.74, 6) is -0.273. The highest BCUT2D eigenvalue weighted by Gasteiger charge is 2.23. The van der Waals surface area contributed by atoms with Crippen LogP contribution in [0.4, 0.5) is 0 Å². The van der Waals surface area contributed by atoms with Crippen molar-refractivity contribution in [3.63, 3.8) is 0 Å². The van der Waals surface area contributed by atoms with Gasteiger partial charge in [0.25, 0.3) is 0 Å². The second-order valence-electron chi connectivity index (χ2n) is 5.05. The monoisotopic (exact) mass is 324 g/mol. The molecule has 1 aromatic rings. The fraction of sp³-hybridized carbons (Fsp3) is 0.467. The molecule has 2 amide bonds. The summed E-state index contributed by atoms with van der Waals surface area (Å²) in [6.45, 7) is 0.637. The van der Waals surface area contributed by atoms with Crippen molar-refractivity contribution in [2.75, 3.05) is 19.4 Å². The van der Waals surface area contributed by atoms with E-state index in [1.807, 2.05) is 0 Å². The highest BCUT2D eigenvalue weighted by atomic mass is 32.2. The van der Waals surface area contributed by atoms with Gasteiger partial charge in [-0.15, -0.1) is 0 Å². The number of hydrogen-bond donors (Lipinski definition) is 2. The maximum atomic E-state index is 12.3. The largest absolute Gasteiger partial charge is 0.495 e. The quantitative estimate of drug-likeness (QED) is 0.830. The minimum atomic E-state index is -1.51. The molecule has 1 aromatic carbocycles. The van der Waals surface area contributed by atoms with Gasteiger partial charge in [-0.1, -0.05) is 12.1 Å². The first-order valence-corrected chi connectivity index (χ1v) is 8.52. The molecule has 2 rings (SSSR count). The van der Waals surface area contributed by atoms with E-state index in [1.54, 1.807) is 24.3 Å². The average molecular weight is 324 g/mol. The van der Waals surface area contributed by atoms with Crippen molar-refractivity contribution >= 4 is 22.6 Å². The van der Waals surface area contributed by atoms with E-state index >= 15 is 0 Å². The Morgan fingerprint density at radius 1 is 1.41 bits per heavy atom. The SMILES string of the molecule is COc1ccccc1[S@@](=O)CC(=O)N[C@H]1CCCCNC1=O. The number of ether oxygens (including phenoxy) is 1. The van der Waals surface area contributed by atoms with Crippen molar-refractivity contribution < 1.29 is 18.5 Å². The minimum Gasteiger partial charge on any atom is -0.495 e. The Labute approximate surface area is 132 Å². The molecule has 1 fully saturated rings. The average Bonchev–Trinajstić information content (AvgIpc) is 2.72. The Kier molecular flexibility index (Phi) is 5.94. The van der Waals surface area contributed by atoms with Crippen LogP contribution in [-0.2, 0) is 20.4 Å². The Hall–Kier alpha value is -1.89. The minimum absolute atomic E-state index is 0.172. The fourth-order valence-electron chi connectivity index (χ4n) is 2.32. The van der Waals surface area contributed by atoms with Crippen LogP contribution < -0.4 is 15.4 Å². The van der Waals surface area contributed by atoms with Crippen LogP contribution in [-0.4, -0.2) is 41.5 Å². The van der Waals surface area contributed by atoms with Crippen LogP contribution in [0.25, 0.3) is 0 Å². The van der Waals surface area contributed by atoms with E-state index in [1.165, 1.54) is 7.11 Å². The smallest absolute Gasteiger partial charge is 0.242 e. The van der Waals surface area contributed by atoms with Crippen LogP contribution >= 0.6 is 0 Å². The van der Waals surface area contributed by atoms with Crippen LogP contribution in [0.2, 0.25) is 0 Å². The van der Waals surface area contributed by atoms with Crippen LogP contribution in [0.1, 0.15) is 19.3 Å². The van der Waals surface area contributed by atoms with E-state index in [0.717, 1.165) is 12.8 Å². The maximum Gasteiger partial charge on any atom is 0.242 e. The third kappa shape index (κ3) is 4.30. The molecule has 120 valence electrons. The van der Waals surface area contributed by atoms with Gasteiger partial charge >= 0.3 is 0 Å². The van der Waals surface area contributed by atoms with Gasteiger partial charge in [-0.2, -0.15) is 0 Å². The topological polar surface area (TPSA) is 84.5 Å². The first kappa shape index (κ1) is 16.5. The molecule has 6 nitrogen and oxygen atoms in total. The van der Waals surface area contributed by atoms with Crippen molar-refractivity contribution in [2.45, 2.75) is 30.2 Å². The Balaban J connectivity index is 1.96. The van der Waals surface area contributed by atoms with Gasteiger partial charge in [0.2, 0.25) is 11.8 Å². The van der Waals surface area contributed by atoms with Crippen molar-refractivity contribution in [3.8, 4) is 5.75 Å². The zero-order valence-corrected chi connectivity index (χ0v) is 13.3. The molecule has 1 aliphatic rings. The lowest BCUT2D eigenvalue weighted by atomic mass is 10.1. The molecule has 0 aliphatic carbocycles. The molecular weight excluding hydrogens is 304 g/mol. The molecule has 2 atom stereocenters. The van der Waals surface area contributed by atoms with Crippen molar-refractivity contribution in [2.24, 2.45) is 0 Å². The Morgan fingerprint density at radius 3 is 2.95 bits per heavy atom. The standard InChI is InChI=1S/C15H20N2O4S/c1-21-12-7-2-3-8-13(12)22(20)10-14(18)17-11-6-4-5-9-16-15(11)19/h2-3,7-8,11H,4-6,9-10H2,1H3,(H,16,19)(H,17,18)/t11-,22-/m0/s1. The Morgan fingerprint density at radius 2 is 2.18 bits per heavy atom. The zero-order valence-electron chi connectivity index (χ0n) is 12.5. The fourth-order valence-corrected chi connectivity index (χ4v) is 3.40. The number of benzene rings is 1. The number of amides is 2. The summed E-state index contributed by atoms with van der Waals surface area (Å²) >= 11 is 0. The normalized spacial score (nSPS) is 19.7. The lowest BCUT2D eigenvalue weighted by Gasteiger charge is -2.15. The van der Waals surface area contributed by atoms with Crippen LogP contribution in [0.3, 0.4) is 0 Å². The van der Waals surface area contributed by atoms with Crippen LogP contribution in [0.15, 0.2) is 29.2 Å². The molecule has 0 spiro atoms. The first-order valence-electron chi connectivity index (χ1n) is 7.20. The lowest BCUT2D eigenvalue weighted by molar-refractivity contribution is -0.127. The van der Waals surface area contributed by atoms with Gasteiger partial charge in [-0.05, 0) is 31.4 Å². The number of hydrogen-bond acceptors (Lipinski definition) is 4. The van der Waals surface area contributed by atoms with E-state index in [2.05, 4.69) is 10.6 Å². The summed E-state index contributed by atoms with van der Waals surface area (Å²) in [5, 5.41) is 5.42. The van der Waals surface area contributed by atoms with E-state index in [-0.39, 0.29) is 11.7 Å². The summed E-state index contributed by atoms with van der Waals surface area (Å²) in [7, 11) is -0.0216. The van der Waals surface area contributed by atoms with Crippen LogP contribution in [0, 0.1) is 0 Å². The summed E-state index contributed by atoms with van der Waals surface area (Å²) in [4.78, 5) is 24.3. The highest BCUT2D eigenvalue weighted by molar-refractivity contribution is 7.85. The molecule has 1 saturated heterocycles. The van der Waals surface area contributed by atoms with E-state index in [0.29, 0.717) is 23.6 Å². The molecule has 0 radical (unpaired) electrons. The Bertz CT molecular complexity index is 576. The number of carbonyl (C=O) groups excluding carboxylic acids is 2. The molecule has 0 unspecified atom stereocenters. The van der Waals surface area contributed by atoms with Crippen molar-refractivity contribution in [3.05, 3.63) is 24.3 Å². The number of para-hydroxylation sites is 1. The zero-order chi connectivity index (χ0) is 15.9. The number of nitrogens with one attached hydrogen (secondary N) is 2. The summed E-state index contributed by atoms with van der Waals surface area (Å²) in [6, 6.07) is 6.34. The molecular formula is C15H20N2O4S. The van der Waals surface area contributed by atoms with Crippen LogP contribution in [0.5, 0.6) is 5.75 Å². The van der Waals surface area contributed by atoms with E-state index in [9.17, 15) is 13.8 Å². The van der Waals surface area contributed by atoms with Gasteiger partial charge in [0, 0.05) is 6.54 Å². The molecule has 7 heteroatoms. The van der Waals surface area contributed by atoms with Gasteiger partial charge < -0.3 is 15.4 Å².